The van der Waals surface area contributed by atoms with E-state index in [1.165, 1.54) is 0 Å². The number of nitrogens with zero attached hydrogens (tertiary/aromatic N) is 1. The van der Waals surface area contributed by atoms with Crippen LogP contribution in [0.3, 0.4) is 0 Å². The van der Waals surface area contributed by atoms with Crippen LogP contribution in [0.1, 0.15) is 26.7 Å². The van der Waals surface area contributed by atoms with Crippen molar-refractivity contribution < 1.29 is 19.4 Å². The summed E-state index contributed by atoms with van der Waals surface area (Å²) in [7, 11) is 0. The number of amides is 3. The summed E-state index contributed by atoms with van der Waals surface area (Å²) in [5.74, 6) is -0.286. The largest absolute Gasteiger partial charge is 0.394 e. The standard InChI is InChI=1S/C13H25N3O4/c1-3-14-13(19)15-12(18)10(2)16-6-4-11(5-7-16)20-9-8-17/h10-11,17H,3-9H2,1-2H3,(H2,14,15,18,19). The van der Waals surface area contributed by atoms with E-state index >= 15 is 0 Å². The highest BCUT2D eigenvalue weighted by Crippen LogP contribution is 2.15. The van der Waals surface area contributed by atoms with Crippen molar-refractivity contribution in [3.05, 3.63) is 0 Å². The van der Waals surface area contributed by atoms with Crippen LogP contribution in [0.25, 0.3) is 0 Å². The number of rotatable bonds is 6. The summed E-state index contributed by atoms with van der Waals surface area (Å²) in [6.07, 6.45) is 1.81. The maximum absolute atomic E-state index is 11.9. The maximum Gasteiger partial charge on any atom is 0.321 e. The van der Waals surface area contributed by atoms with Gasteiger partial charge in [0.2, 0.25) is 5.91 Å². The number of urea groups is 1. The Morgan fingerprint density at radius 2 is 2.05 bits per heavy atom. The monoisotopic (exact) mass is 287 g/mol. The van der Waals surface area contributed by atoms with Crippen molar-refractivity contribution in [2.75, 3.05) is 32.8 Å². The number of aliphatic hydroxyl groups is 1. The van der Waals surface area contributed by atoms with Crippen LogP contribution in [0.4, 0.5) is 4.79 Å². The van der Waals surface area contributed by atoms with E-state index in [2.05, 4.69) is 10.6 Å². The molecule has 1 rings (SSSR count). The first kappa shape index (κ1) is 16.9. The van der Waals surface area contributed by atoms with Gasteiger partial charge in [-0.25, -0.2) is 4.79 Å². The van der Waals surface area contributed by atoms with Gasteiger partial charge in [-0.15, -0.1) is 0 Å². The highest BCUT2D eigenvalue weighted by atomic mass is 16.5. The molecule has 1 heterocycles. The van der Waals surface area contributed by atoms with E-state index in [-0.39, 0.29) is 24.7 Å². The van der Waals surface area contributed by atoms with Crippen molar-refractivity contribution in [3.8, 4) is 0 Å². The molecule has 1 unspecified atom stereocenters. The zero-order chi connectivity index (χ0) is 15.0. The average molecular weight is 287 g/mol. The Bertz CT molecular complexity index is 317. The van der Waals surface area contributed by atoms with Crippen molar-refractivity contribution in [2.45, 2.75) is 38.8 Å². The third-order valence-electron chi connectivity index (χ3n) is 3.42. The van der Waals surface area contributed by atoms with Gasteiger partial charge >= 0.3 is 6.03 Å². The molecule has 7 heteroatoms. The minimum absolute atomic E-state index is 0.0333. The summed E-state index contributed by atoms with van der Waals surface area (Å²) in [6, 6.07) is -0.790. The second-order valence-corrected chi connectivity index (χ2v) is 4.85. The molecule has 0 aliphatic carbocycles. The van der Waals surface area contributed by atoms with Gasteiger partial charge in [-0.1, -0.05) is 0 Å². The summed E-state index contributed by atoms with van der Waals surface area (Å²) < 4.78 is 5.48. The third kappa shape index (κ3) is 5.44. The molecule has 1 saturated heterocycles. The Morgan fingerprint density at radius 3 is 2.60 bits per heavy atom. The van der Waals surface area contributed by atoms with Crippen LogP contribution < -0.4 is 10.6 Å². The molecule has 0 radical (unpaired) electrons. The lowest BCUT2D eigenvalue weighted by molar-refractivity contribution is -0.126. The van der Waals surface area contributed by atoms with Gasteiger partial charge < -0.3 is 15.2 Å². The molecule has 1 atom stereocenters. The number of hydrogen-bond donors (Lipinski definition) is 3. The van der Waals surface area contributed by atoms with Crippen LogP contribution in [0, 0.1) is 0 Å². The van der Waals surface area contributed by atoms with Gasteiger partial charge in [-0.2, -0.15) is 0 Å². The van der Waals surface area contributed by atoms with E-state index in [0.717, 1.165) is 25.9 Å². The first-order chi connectivity index (χ1) is 9.58. The average Bonchev–Trinajstić information content (AvgIpc) is 2.45. The quantitative estimate of drug-likeness (QED) is 0.623. The van der Waals surface area contributed by atoms with Crippen LogP contribution in [0.5, 0.6) is 0 Å². The predicted molar refractivity (Wildman–Crippen MR) is 74.3 cm³/mol. The zero-order valence-corrected chi connectivity index (χ0v) is 12.2. The van der Waals surface area contributed by atoms with Crippen LogP contribution in [0.15, 0.2) is 0 Å². The molecule has 1 aliphatic rings. The number of likely N-dealkylation sites (tertiary alicyclic amines) is 1. The highest BCUT2D eigenvalue weighted by Gasteiger charge is 2.27. The highest BCUT2D eigenvalue weighted by molar-refractivity contribution is 5.96. The van der Waals surface area contributed by atoms with Gasteiger partial charge in [-0.3, -0.25) is 15.0 Å². The topological polar surface area (TPSA) is 90.9 Å². The zero-order valence-electron chi connectivity index (χ0n) is 12.2. The molecule has 116 valence electrons. The van der Waals surface area contributed by atoms with Gasteiger partial charge in [-0.05, 0) is 26.7 Å². The van der Waals surface area contributed by atoms with E-state index in [0.29, 0.717) is 13.2 Å². The molecule has 1 aliphatic heterocycles. The molecule has 0 bridgehead atoms. The number of hydrogen-bond acceptors (Lipinski definition) is 5. The first-order valence-electron chi connectivity index (χ1n) is 7.13. The molecular formula is C13H25N3O4. The molecule has 0 spiro atoms. The van der Waals surface area contributed by atoms with Gasteiger partial charge in [0.05, 0.1) is 25.4 Å². The molecule has 0 aromatic carbocycles. The minimum atomic E-state index is -0.453. The Morgan fingerprint density at radius 1 is 1.40 bits per heavy atom. The fourth-order valence-corrected chi connectivity index (χ4v) is 2.24. The van der Waals surface area contributed by atoms with Crippen LogP contribution in [-0.4, -0.2) is 66.9 Å². The maximum atomic E-state index is 11.9. The number of ether oxygens (including phenoxy) is 1. The van der Waals surface area contributed by atoms with E-state index in [9.17, 15) is 9.59 Å². The summed E-state index contributed by atoms with van der Waals surface area (Å²) >= 11 is 0. The number of carbonyl (C=O) groups excluding carboxylic acids is 2. The summed E-state index contributed by atoms with van der Waals surface area (Å²) in [5, 5.41) is 13.6. The van der Waals surface area contributed by atoms with E-state index < -0.39 is 6.03 Å². The lowest BCUT2D eigenvalue weighted by Gasteiger charge is -2.35. The van der Waals surface area contributed by atoms with E-state index in [1.54, 1.807) is 13.8 Å². The Kier molecular flexibility index (Phi) is 7.50. The Balaban J connectivity index is 2.32. The van der Waals surface area contributed by atoms with Crippen LogP contribution in [0.2, 0.25) is 0 Å². The molecule has 0 aromatic rings. The molecule has 3 amide bonds. The Hall–Kier alpha value is -1.18. The number of piperidine rings is 1. The summed E-state index contributed by atoms with van der Waals surface area (Å²) in [6.45, 7) is 5.97. The normalized spacial score (nSPS) is 18.6. The first-order valence-corrected chi connectivity index (χ1v) is 7.13. The molecule has 1 fully saturated rings. The second-order valence-electron chi connectivity index (χ2n) is 4.85. The number of carbonyl (C=O) groups is 2. The van der Waals surface area contributed by atoms with Crippen molar-refractivity contribution in [2.24, 2.45) is 0 Å². The van der Waals surface area contributed by atoms with Gasteiger partial charge in [0, 0.05) is 19.6 Å². The third-order valence-corrected chi connectivity index (χ3v) is 3.42. The number of nitrogens with one attached hydrogen (secondary N) is 2. The predicted octanol–water partition coefficient (Wildman–Crippen LogP) is -0.306. The molecular weight excluding hydrogens is 262 g/mol. The van der Waals surface area contributed by atoms with Gasteiger partial charge in [0.25, 0.3) is 0 Å². The second kappa shape index (κ2) is 8.89. The smallest absolute Gasteiger partial charge is 0.321 e. The molecule has 7 nitrogen and oxygen atoms in total. The van der Waals surface area contributed by atoms with Crippen LogP contribution >= 0.6 is 0 Å². The molecule has 3 N–H and O–H groups in total. The Labute approximate surface area is 119 Å². The fraction of sp³-hybridized carbons (Fsp3) is 0.846. The molecule has 0 aromatic heterocycles. The van der Waals surface area contributed by atoms with E-state index in [4.69, 9.17) is 9.84 Å². The van der Waals surface area contributed by atoms with E-state index in [1.807, 2.05) is 4.90 Å². The lowest BCUT2D eigenvalue weighted by Crippen LogP contribution is -2.52. The molecule has 20 heavy (non-hydrogen) atoms. The van der Waals surface area contributed by atoms with Gasteiger partial charge in [0.15, 0.2) is 0 Å². The lowest BCUT2D eigenvalue weighted by atomic mass is 10.1. The van der Waals surface area contributed by atoms with Gasteiger partial charge in [0.1, 0.15) is 0 Å². The van der Waals surface area contributed by atoms with Crippen molar-refractivity contribution in [1.29, 1.82) is 0 Å². The van der Waals surface area contributed by atoms with Crippen molar-refractivity contribution >= 4 is 11.9 Å². The number of aliphatic hydroxyl groups excluding tert-OH is 1. The summed E-state index contributed by atoms with van der Waals surface area (Å²) in [5.41, 5.74) is 0. The number of imide groups is 1. The SMILES string of the molecule is CCNC(=O)NC(=O)C(C)N1CCC(OCCO)CC1. The fourth-order valence-electron chi connectivity index (χ4n) is 2.24. The summed E-state index contributed by atoms with van der Waals surface area (Å²) in [4.78, 5) is 25.2. The van der Waals surface area contributed by atoms with Crippen molar-refractivity contribution in [1.82, 2.24) is 15.5 Å². The van der Waals surface area contributed by atoms with Crippen LogP contribution in [-0.2, 0) is 9.53 Å². The minimum Gasteiger partial charge on any atom is -0.394 e. The van der Waals surface area contributed by atoms with Crippen molar-refractivity contribution in [3.63, 3.8) is 0 Å². The molecule has 0 saturated carbocycles.